The van der Waals surface area contributed by atoms with Crippen molar-refractivity contribution in [2.45, 2.75) is 13.8 Å². The molecule has 0 radical (unpaired) electrons. The molecule has 1 aromatic heterocycles. The third-order valence-corrected chi connectivity index (χ3v) is 5.53. The van der Waals surface area contributed by atoms with Crippen LogP contribution >= 0.6 is 11.6 Å². The summed E-state index contributed by atoms with van der Waals surface area (Å²) in [5, 5.41) is 13.6. The van der Waals surface area contributed by atoms with Crippen LogP contribution in [0.5, 0.6) is 0 Å². The zero-order valence-corrected chi connectivity index (χ0v) is 18.3. The van der Waals surface area contributed by atoms with E-state index >= 15 is 0 Å². The molecule has 3 aromatic rings. The van der Waals surface area contributed by atoms with Crippen LogP contribution in [0.15, 0.2) is 60.2 Å². The molecule has 4 rings (SSSR count). The van der Waals surface area contributed by atoms with E-state index in [1.54, 1.807) is 25.1 Å². The van der Waals surface area contributed by atoms with Gasteiger partial charge >= 0.3 is 6.03 Å². The molecule has 2 aromatic carbocycles. The van der Waals surface area contributed by atoms with Crippen LogP contribution in [0.25, 0.3) is 11.8 Å². The minimum absolute atomic E-state index is 0.0278. The summed E-state index contributed by atoms with van der Waals surface area (Å²) in [6.07, 6.45) is 1.43. The SMILES string of the molecule is Cc1cc(/C=C2/C(=O)NC(=O)N(c3ccc(Cl)cc3)C2=O)c(C)n1-c1ccc([N+](=O)[O-])cc1. The van der Waals surface area contributed by atoms with Gasteiger partial charge in [-0.3, -0.25) is 25.0 Å². The minimum Gasteiger partial charge on any atom is -0.318 e. The highest BCUT2D eigenvalue weighted by Crippen LogP contribution is 2.27. The molecule has 0 atom stereocenters. The number of anilines is 1. The Morgan fingerprint density at radius 2 is 1.58 bits per heavy atom. The number of aryl methyl sites for hydroxylation is 1. The van der Waals surface area contributed by atoms with E-state index in [-0.39, 0.29) is 16.9 Å². The smallest absolute Gasteiger partial charge is 0.318 e. The number of nitro benzene ring substituents is 1. The van der Waals surface area contributed by atoms with Crippen LogP contribution in [0, 0.1) is 24.0 Å². The Kier molecular flexibility index (Phi) is 5.57. The van der Waals surface area contributed by atoms with E-state index in [1.165, 1.54) is 42.5 Å². The molecule has 0 unspecified atom stereocenters. The zero-order valence-electron chi connectivity index (χ0n) is 17.5. The van der Waals surface area contributed by atoms with E-state index in [0.717, 1.165) is 10.6 Å². The summed E-state index contributed by atoms with van der Waals surface area (Å²) in [4.78, 5) is 49.2. The Morgan fingerprint density at radius 3 is 2.18 bits per heavy atom. The molecule has 2 heterocycles. The van der Waals surface area contributed by atoms with Gasteiger partial charge in [0.25, 0.3) is 17.5 Å². The molecule has 1 aliphatic heterocycles. The van der Waals surface area contributed by atoms with Crippen molar-refractivity contribution in [3.8, 4) is 5.69 Å². The number of nitro groups is 1. The molecule has 4 amide bonds. The van der Waals surface area contributed by atoms with Gasteiger partial charge in [-0.15, -0.1) is 0 Å². The van der Waals surface area contributed by atoms with Crippen molar-refractivity contribution in [2.24, 2.45) is 0 Å². The van der Waals surface area contributed by atoms with Crippen molar-refractivity contribution >= 4 is 46.9 Å². The summed E-state index contributed by atoms with van der Waals surface area (Å²) in [7, 11) is 0. The molecule has 9 nitrogen and oxygen atoms in total. The minimum atomic E-state index is -0.846. The number of halogens is 1. The molecule has 0 saturated carbocycles. The fourth-order valence-corrected chi connectivity index (χ4v) is 3.82. The molecule has 166 valence electrons. The van der Waals surface area contributed by atoms with Crippen LogP contribution in [0.3, 0.4) is 0 Å². The van der Waals surface area contributed by atoms with Gasteiger partial charge in [-0.05, 0) is 68.0 Å². The van der Waals surface area contributed by atoms with Crippen molar-refractivity contribution in [2.75, 3.05) is 4.90 Å². The van der Waals surface area contributed by atoms with Crippen LogP contribution in [-0.4, -0.2) is 27.3 Å². The topological polar surface area (TPSA) is 115 Å². The number of carbonyl (C=O) groups is 3. The van der Waals surface area contributed by atoms with E-state index in [4.69, 9.17) is 11.6 Å². The van der Waals surface area contributed by atoms with E-state index < -0.39 is 22.8 Å². The van der Waals surface area contributed by atoms with Crippen LogP contribution in [0.1, 0.15) is 17.0 Å². The first-order chi connectivity index (χ1) is 15.7. The number of nitrogens with one attached hydrogen (secondary N) is 1. The lowest BCUT2D eigenvalue weighted by Crippen LogP contribution is -2.54. The molecule has 1 fully saturated rings. The predicted octanol–water partition coefficient (Wildman–Crippen LogP) is 4.32. The lowest BCUT2D eigenvalue weighted by Gasteiger charge is -2.26. The zero-order chi connectivity index (χ0) is 23.9. The number of hydrogen-bond donors (Lipinski definition) is 1. The summed E-state index contributed by atoms with van der Waals surface area (Å²) < 4.78 is 1.85. The Balaban J connectivity index is 1.73. The number of carbonyl (C=O) groups excluding carboxylic acids is 3. The predicted molar refractivity (Wildman–Crippen MR) is 122 cm³/mol. The number of benzene rings is 2. The number of aromatic nitrogens is 1. The molecule has 0 aliphatic carbocycles. The first-order valence-corrected chi connectivity index (χ1v) is 10.2. The summed E-state index contributed by atoms with van der Waals surface area (Å²) in [5.41, 5.74) is 2.84. The van der Waals surface area contributed by atoms with Gasteiger partial charge < -0.3 is 4.57 Å². The molecule has 1 saturated heterocycles. The number of rotatable bonds is 4. The quantitative estimate of drug-likeness (QED) is 0.267. The third-order valence-electron chi connectivity index (χ3n) is 5.28. The summed E-state index contributed by atoms with van der Waals surface area (Å²) in [6.45, 7) is 3.64. The maximum atomic E-state index is 13.1. The maximum absolute atomic E-state index is 13.1. The molecule has 33 heavy (non-hydrogen) atoms. The maximum Gasteiger partial charge on any atom is 0.335 e. The summed E-state index contributed by atoms with van der Waals surface area (Å²) in [5.74, 6) is -1.55. The van der Waals surface area contributed by atoms with Gasteiger partial charge in [-0.2, -0.15) is 0 Å². The summed E-state index contributed by atoms with van der Waals surface area (Å²) in [6, 6.07) is 13.1. The van der Waals surface area contributed by atoms with Crippen LogP contribution in [0.4, 0.5) is 16.2 Å². The Labute approximate surface area is 193 Å². The molecular weight excluding hydrogens is 448 g/mol. The number of hydrogen-bond acceptors (Lipinski definition) is 5. The van der Waals surface area contributed by atoms with Crippen LogP contribution in [-0.2, 0) is 9.59 Å². The molecule has 0 bridgehead atoms. The van der Waals surface area contributed by atoms with Gasteiger partial charge in [0.2, 0.25) is 0 Å². The highest BCUT2D eigenvalue weighted by Gasteiger charge is 2.37. The average Bonchev–Trinajstić information content (AvgIpc) is 3.05. The van der Waals surface area contributed by atoms with Crippen molar-refractivity contribution in [3.05, 3.63) is 92.3 Å². The standard InChI is InChI=1S/C23H17ClN4O5/c1-13-11-15(14(2)26(13)17-7-9-19(10-8-17)28(32)33)12-20-21(29)25-23(31)27(22(20)30)18-5-3-16(24)4-6-18/h3-12H,1-2H3,(H,25,29,31)/b20-12-. The van der Waals surface area contributed by atoms with Gasteiger partial charge in [-0.1, -0.05) is 11.6 Å². The van der Waals surface area contributed by atoms with E-state index in [9.17, 15) is 24.5 Å². The van der Waals surface area contributed by atoms with E-state index in [0.29, 0.717) is 22.0 Å². The van der Waals surface area contributed by atoms with Crippen LogP contribution in [0.2, 0.25) is 5.02 Å². The first-order valence-electron chi connectivity index (χ1n) is 9.78. The number of barbiturate groups is 1. The number of urea groups is 1. The Bertz CT molecular complexity index is 1340. The number of non-ortho nitro benzene ring substituents is 1. The lowest BCUT2D eigenvalue weighted by molar-refractivity contribution is -0.384. The summed E-state index contributed by atoms with van der Waals surface area (Å²) >= 11 is 5.89. The number of nitrogens with zero attached hydrogens (tertiary/aromatic N) is 3. The second kappa shape index (κ2) is 8.36. The van der Waals surface area contributed by atoms with Gasteiger partial charge in [0.15, 0.2) is 0 Å². The van der Waals surface area contributed by atoms with Crippen molar-refractivity contribution in [1.82, 2.24) is 9.88 Å². The molecule has 0 spiro atoms. The number of imide groups is 2. The largest absolute Gasteiger partial charge is 0.335 e. The Morgan fingerprint density at radius 1 is 0.970 bits per heavy atom. The van der Waals surface area contributed by atoms with E-state index in [2.05, 4.69) is 5.32 Å². The first kappa shape index (κ1) is 22.0. The normalized spacial score (nSPS) is 15.2. The van der Waals surface area contributed by atoms with Crippen LogP contribution < -0.4 is 10.2 Å². The van der Waals surface area contributed by atoms with Crippen molar-refractivity contribution < 1.29 is 19.3 Å². The van der Waals surface area contributed by atoms with Gasteiger partial charge in [-0.25, -0.2) is 9.69 Å². The monoisotopic (exact) mass is 464 g/mol. The molecule has 1 aliphatic rings. The second-order valence-electron chi connectivity index (χ2n) is 7.37. The van der Waals surface area contributed by atoms with E-state index in [1.807, 2.05) is 11.5 Å². The van der Waals surface area contributed by atoms with Crippen molar-refractivity contribution in [3.63, 3.8) is 0 Å². The second-order valence-corrected chi connectivity index (χ2v) is 7.81. The lowest BCUT2D eigenvalue weighted by atomic mass is 10.1. The molecular formula is C23H17ClN4O5. The van der Waals surface area contributed by atoms with Gasteiger partial charge in [0.1, 0.15) is 5.57 Å². The third kappa shape index (κ3) is 4.01. The van der Waals surface area contributed by atoms with Gasteiger partial charge in [0.05, 0.1) is 10.6 Å². The highest BCUT2D eigenvalue weighted by molar-refractivity contribution is 6.39. The molecule has 1 N–H and O–H groups in total. The fraction of sp³-hybridized carbons (Fsp3) is 0.0870. The highest BCUT2D eigenvalue weighted by atomic mass is 35.5. The number of amides is 4. The van der Waals surface area contributed by atoms with Gasteiger partial charge in [0, 0.05) is 34.2 Å². The average molecular weight is 465 g/mol. The van der Waals surface area contributed by atoms with Crippen molar-refractivity contribution in [1.29, 1.82) is 0 Å². The molecule has 10 heteroatoms. The Hall–Kier alpha value is -4.24. The fourth-order valence-electron chi connectivity index (χ4n) is 3.69.